The summed E-state index contributed by atoms with van der Waals surface area (Å²) in [6.07, 6.45) is 4.93. The van der Waals surface area contributed by atoms with E-state index in [0.29, 0.717) is 12.1 Å². The minimum atomic E-state index is 0.422. The molecule has 90 valence electrons. The molecule has 16 heavy (non-hydrogen) atoms. The van der Waals surface area contributed by atoms with Gasteiger partial charge in [-0.1, -0.05) is 24.7 Å². The molecular weight excluding hydrogens is 222 g/mol. The van der Waals surface area contributed by atoms with Gasteiger partial charge in [-0.25, -0.2) is 0 Å². The third-order valence-corrected chi connectivity index (χ3v) is 3.60. The highest BCUT2D eigenvalue weighted by Crippen LogP contribution is 2.22. The topological polar surface area (TPSA) is 47.0 Å². The van der Waals surface area contributed by atoms with Gasteiger partial charge in [-0.15, -0.1) is 10.2 Å². The molecule has 0 saturated carbocycles. The number of hydrogen-bond acceptors (Lipinski definition) is 5. The molecule has 2 rings (SSSR count). The number of anilines is 1. The Bertz CT molecular complexity index is 327. The van der Waals surface area contributed by atoms with E-state index in [0.717, 1.165) is 36.0 Å². The van der Waals surface area contributed by atoms with Gasteiger partial charge in [0.25, 0.3) is 0 Å². The predicted molar refractivity (Wildman–Crippen MR) is 65.9 cm³/mol. The molecule has 0 aliphatic carbocycles. The fraction of sp³-hybridized carbons (Fsp3) is 0.818. The first kappa shape index (κ1) is 11.8. The average Bonchev–Trinajstić information content (AvgIpc) is 2.65. The molecule has 0 radical (unpaired) electrons. The highest BCUT2D eigenvalue weighted by molar-refractivity contribution is 7.15. The summed E-state index contributed by atoms with van der Waals surface area (Å²) >= 11 is 1.62. The fourth-order valence-electron chi connectivity index (χ4n) is 2.06. The summed E-state index contributed by atoms with van der Waals surface area (Å²) in [5.41, 5.74) is 0. The highest BCUT2D eigenvalue weighted by Gasteiger charge is 2.22. The van der Waals surface area contributed by atoms with Crippen molar-refractivity contribution in [2.75, 3.05) is 11.9 Å². The maximum absolute atomic E-state index is 5.72. The van der Waals surface area contributed by atoms with Gasteiger partial charge in [0.1, 0.15) is 5.01 Å². The molecular formula is C11H19N3OS. The first-order chi connectivity index (χ1) is 7.78. The lowest BCUT2D eigenvalue weighted by molar-refractivity contribution is 0.00597. The van der Waals surface area contributed by atoms with Gasteiger partial charge in [0, 0.05) is 12.6 Å². The molecule has 1 N–H and O–H groups in total. The lowest BCUT2D eigenvalue weighted by Gasteiger charge is -2.29. The third kappa shape index (κ3) is 3.15. The second-order valence-electron chi connectivity index (χ2n) is 4.27. The van der Waals surface area contributed by atoms with E-state index in [1.54, 1.807) is 11.3 Å². The summed E-state index contributed by atoms with van der Waals surface area (Å²) in [6.45, 7) is 5.04. The molecule has 0 bridgehead atoms. The molecule has 2 heterocycles. The van der Waals surface area contributed by atoms with Crippen LogP contribution < -0.4 is 5.32 Å². The summed E-state index contributed by atoms with van der Waals surface area (Å²) < 4.78 is 5.72. The second-order valence-corrected chi connectivity index (χ2v) is 5.45. The van der Waals surface area contributed by atoms with Crippen LogP contribution in [0.2, 0.25) is 0 Å². The largest absolute Gasteiger partial charge is 0.378 e. The van der Waals surface area contributed by atoms with Crippen molar-refractivity contribution in [3.63, 3.8) is 0 Å². The van der Waals surface area contributed by atoms with Gasteiger partial charge in [-0.05, 0) is 26.2 Å². The summed E-state index contributed by atoms with van der Waals surface area (Å²) in [5, 5.41) is 13.5. The van der Waals surface area contributed by atoms with Crippen LogP contribution in [-0.2, 0) is 4.74 Å². The molecule has 1 aliphatic rings. The van der Waals surface area contributed by atoms with Gasteiger partial charge < -0.3 is 10.1 Å². The molecule has 1 aromatic rings. The Morgan fingerprint density at radius 3 is 3.06 bits per heavy atom. The quantitative estimate of drug-likeness (QED) is 0.880. The van der Waals surface area contributed by atoms with Crippen LogP contribution in [0.4, 0.5) is 5.13 Å². The van der Waals surface area contributed by atoms with E-state index >= 15 is 0 Å². The van der Waals surface area contributed by atoms with Crippen LogP contribution in [0.1, 0.15) is 37.6 Å². The van der Waals surface area contributed by atoms with Crippen molar-refractivity contribution in [3.05, 3.63) is 5.01 Å². The molecule has 2 atom stereocenters. The van der Waals surface area contributed by atoms with Gasteiger partial charge >= 0.3 is 0 Å². The summed E-state index contributed by atoms with van der Waals surface area (Å²) in [6, 6.07) is 0.498. The van der Waals surface area contributed by atoms with E-state index in [1.807, 2.05) is 6.92 Å². The zero-order valence-electron chi connectivity index (χ0n) is 9.90. The van der Waals surface area contributed by atoms with E-state index in [1.165, 1.54) is 6.42 Å². The minimum absolute atomic E-state index is 0.422. The molecule has 2 unspecified atom stereocenters. The number of nitrogens with zero attached hydrogens (tertiary/aromatic N) is 2. The number of rotatable bonds is 4. The van der Waals surface area contributed by atoms with Crippen molar-refractivity contribution in [1.82, 2.24) is 10.2 Å². The molecule has 0 amide bonds. The van der Waals surface area contributed by atoms with Crippen LogP contribution in [0.3, 0.4) is 0 Å². The van der Waals surface area contributed by atoms with Crippen LogP contribution in [-0.4, -0.2) is 29.0 Å². The van der Waals surface area contributed by atoms with E-state index in [9.17, 15) is 0 Å². The molecule has 4 nitrogen and oxygen atoms in total. The third-order valence-electron chi connectivity index (χ3n) is 2.83. The lowest BCUT2D eigenvalue weighted by atomic mass is 10.0. The fourth-order valence-corrected chi connectivity index (χ4v) is 2.73. The Morgan fingerprint density at radius 1 is 1.50 bits per heavy atom. The van der Waals surface area contributed by atoms with Crippen molar-refractivity contribution in [2.45, 2.75) is 51.7 Å². The molecule has 1 aliphatic heterocycles. The van der Waals surface area contributed by atoms with Gasteiger partial charge in [0.05, 0.1) is 6.10 Å². The predicted octanol–water partition coefficient (Wildman–Crippen LogP) is 2.61. The van der Waals surface area contributed by atoms with Gasteiger partial charge in [-0.3, -0.25) is 0 Å². The van der Waals surface area contributed by atoms with Gasteiger partial charge in [0.15, 0.2) is 0 Å². The monoisotopic (exact) mass is 241 g/mol. The summed E-state index contributed by atoms with van der Waals surface area (Å²) in [4.78, 5) is 0. The molecule has 1 aromatic heterocycles. The van der Waals surface area contributed by atoms with E-state index in [-0.39, 0.29) is 0 Å². The maximum atomic E-state index is 5.72. The smallest absolute Gasteiger partial charge is 0.205 e. The minimum Gasteiger partial charge on any atom is -0.378 e. The van der Waals surface area contributed by atoms with Crippen molar-refractivity contribution in [3.8, 4) is 0 Å². The second kappa shape index (κ2) is 5.59. The lowest BCUT2D eigenvalue weighted by Crippen LogP contribution is -2.33. The van der Waals surface area contributed by atoms with Crippen molar-refractivity contribution in [1.29, 1.82) is 0 Å². The van der Waals surface area contributed by atoms with Crippen LogP contribution in [0, 0.1) is 6.92 Å². The molecule has 5 heteroatoms. The van der Waals surface area contributed by atoms with Crippen LogP contribution in [0.25, 0.3) is 0 Å². The summed E-state index contributed by atoms with van der Waals surface area (Å²) in [5.74, 6) is 0. The zero-order valence-corrected chi connectivity index (χ0v) is 10.7. The molecule has 0 aromatic carbocycles. The standard InChI is InChI=1S/C11H19N3OS/c1-3-4-10-7-9(5-6-15-10)12-11-14-13-8(2)16-11/h9-10H,3-7H2,1-2H3,(H,12,14). The first-order valence-electron chi connectivity index (χ1n) is 5.96. The van der Waals surface area contributed by atoms with E-state index in [4.69, 9.17) is 4.74 Å². The molecule has 1 fully saturated rings. The van der Waals surface area contributed by atoms with Crippen molar-refractivity contribution in [2.24, 2.45) is 0 Å². The number of hydrogen-bond donors (Lipinski definition) is 1. The van der Waals surface area contributed by atoms with Crippen LogP contribution in [0.5, 0.6) is 0 Å². The Morgan fingerprint density at radius 2 is 2.38 bits per heavy atom. The number of aryl methyl sites for hydroxylation is 1. The Kier molecular flexibility index (Phi) is 4.12. The first-order valence-corrected chi connectivity index (χ1v) is 6.78. The number of nitrogens with one attached hydrogen (secondary N) is 1. The Hall–Kier alpha value is -0.680. The Balaban J connectivity index is 1.85. The van der Waals surface area contributed by atoms with Crippen LogP contribution >= 0.6 is 11.3 Å². The van der Waals surface area contributed by atoms with E-state index in [2.05, 4.69) is 22.4 Å². The molecule has 0 spiro atoms. The average molecular weight is 241 g/mol. The number of aromatic nitrogens is 2. The van der Waals surface area contributed by atoms with Gasteiger partial charge in [0.2, 0.25) is 5.13 Å². The van der Waals surface area contributed by atoms with Crippen molar-refractivity contribution < 1.29 is 4.74 Å². The maximum Gasteiger partial charge on any atom is 0.205 e. The van der Waals surface area contributed by atoms with Crippen LogP contribution in [0.15, 0.2) is 0 Å². The van der Waals surface area contributed by atoms with Gasteiger partial charge in [-0.2, -0.15) is 0 Å². The Labute approximate surface area is 100 Å². The molecule has 1 saturated heterocycles. The SMILES string of the molecule is CCCC1CC(Nc2nnc(C)s2)CCO1. The summed E-state index contributed by atoms with van der Waals surface area (Å²) in [7, 11) is 0. The number of ether oxygens (including phenoxy) is 1. The van der Waals surface area contributed by atoms with E-state index < -0.39 is 0 Å². The zero-order chi connectivity index (χ0) is 11.4. The van der Waals surface area contributed by atoms with Crippen molar-refractivity contribution >= 4 is 16.5 Å². The normalized spacial score (nSPS) is 25.6. The highest BCUT2D eigenvalue weighted by atomic mass is 32.1.